The lowest BCUT2D eigenvalue weighted by atomic mass is 9.92. The van der Waals surface area contributed by atoms with Gasteiger partial charge in [0.1, 0.15) is 35.5 Å². The van der Waals surface area contributed by atoms with Crippen LogP contribution >= 0.6 is 0 Å². The van der Waals surface area contributed by atoms with Gasteiger partial charge in [-0.3, -0.25) is 15.0 Å². The van der Waals surface area contributed by atoms with Crippen molar-refractivity contribution >= 4 is 45.9 Å². The topological polar surface area (TPSA) is 170 Å². The number of carbonyl (C=O) groups excluding carboxylic acids is 2. The summed E-state index contributed by atoms with van der Waals surface area (Å²) in [5.41, 5.74) is 4.35. The molecule has 2 saturated heterocycles. The Morgan fingerprint density at radius 1 is 0.850 bits per heavy atom. The quantitative estimate of drug-likeness (QED) is 0.102. The molecular formula is C45H50N10O5. The minimum absolute atomic E-state index is 0.0947. The predicted octanol–water partition coefficient (Wildman–Crippen LogP) is 6.86. The third-order valence-electron chi connectivity index (χ3n) is 10.6. The van der Waals surface area contributed by atoms with E-state index in [0.717, 1.165) is 66.1 Å². The fourth-order valence-electron chi connectivity index (χ4n) is 7.23. The van der Waals surface area contributed by atoms with Crippen LogP contribution in [0.5, 0.6) is 5.75 Å². The van der Waals surface area contributed by atoms with Crippen LogP contribution in [0.25, 0.3) is 16.5 Å². The molecule has 310 valence electrons. The van der Waals surface area contributed by atoms with Crippen molar-refractivity contribution in [3.8, 4) is 11.4 Å². The van der Waals surface area contributed by atoms with E-state index < -0.39 is 6.03 Å². The molecule has 15 heteroatoms. The van der Waals surface area contributed by atoms with Gasteiger partial charge in [0.2, 0.25) is 0 Å². The number of hydrogen-bond donors (Lipinski definition) is 4. The van der Waals surface area contributed by atoms with Gasteiger partial charge in [0.25, 0.3) is 5.91 Å². The number of anilines is 4. The zero-order valence-corrected chi connectivity index (χ0v) is 34.3. The molecule has 2 aliphatic heterocycles. The van der Waals surface area contributed by atoms with Gasteiger partial charge in [0, 0.05) is 54.0 Å². The van der Waals surface area contributed by atoms with Crippen LogP contribution in [0.1, 0.15) is 48.1 Å². The summed E-state index contributed by atoms with van der Waals surface area (Å²) in [5, 5.41) is 18.8. The summed E-state index contributed by atoms with van der Waals surface area (Å²) in [6.07, 6.45) is 4.65. The van der Waals surface area contributed by atoms with Crippen LogP contribution in [-0.2, 0) is 21.5 Å². The highest BCUT2D eigenvalue weighted by Gasteiger charge is 2.32. The fraction of sp³-hybridized carbons (Fsp3) is 0.333. The first-order chi connectivity index (χ1) is 29.1. The first kappa shape index (κ1) is 40.4. The van der Waals surface area contributed by atoms with Crippen molar-refractivity contribution in [2.75, 3.05) is 62.0 Å². The molecule has 2 aliphatic rings. The second-order valence-corrected chi connectivity index (χ2v) is 16.2. The summed E-state index contributed by atoms with van der Waals surface area (Å²) in [6, 6.07) is 24.6. The van der Waals surface area contributed by atoms with E-state index in [1.54, 1.807) is 10.9 Å². The molecule has 6 aromatic rings. The van der Waals surface area contributed by atoms with Crippen LogP contribution in [0.3, 0.4) is 0 Å². The van der Waals surface area contributed by atoms with E-state index in [0.29, 0.717) is 42.1 Å². The number of rotatable bonds is 12. The van der Waals surface area contributed by atoms with Gasteiger partial charge in [-0.05, 0) is 48.9 Å². The fourth-order valence-corrected chi connectivity index (χ4v) is 7.23. The number of ether oxygens (including phenoxy) is 3. The normalized spacial score (nSPS) is 17.0. The second-order valence-electron chi connectivity index (χ2n) is 16.2. The Balaban J connectivity index is 0.884. The average molecular weight is 811 g/mol. The Kier molecular flexibility index (Phi) is 12.0. The lowest BCUT2D eigenvalue weighted by molar-refractivity contribution is 0.0284. The molecule has 3 amide bonds. The molecule has 0 bridgehead atoms. The standard InChI is InChI=1S/C45H50N10O5/c1-29-9-11-32(12-10-29)55-42(22-39(53-55)45(2,3)4)52-44(57)50-35-13-14-38(34-8-6-5-7-33(34)35)60-26-30-15-16-46-40(21-30)51-41-24-47-36(23-48-41)43(56)49-37-28-59-27-31(37)25-54-17-19-58-20-18-54/h5-16,21-24,31,37H,17-20,25-28H2,1-4H3,(H,49,56)(H,46,48,51)(H2,50,52,57)/t31-,37-/m0/s1. The molecule has 4 N–H and O–H groups in total. The summed E-state index contributed by atoms with van der Waals surface area (Å²) >= 11 is 0. The minimum Gasteiger partial charge on any atom is -0.488 e. The molecule has 0 saturated carbocycles. The number of carbonyl (C=O) groups is 2. The Labute approximate surface area is 348 Å². The van der Waals surface area contributed by atoms with Crippen molar-refractivity contribution in [1.82, 2.24) is 34.9 Å². The number of benzene rings is 3. The Bertz CT molecular complexity index is 2440. The maximum atomic E-state index is 13.5. The summed E-state index contributed by atoms with van der Waals surface area (Å²) in [4.78, 5) is 42.2. The number of amides is 3. The van der Waals surface area contributed by atoms with Crippen molar-refractivity contribution in [2.24, 2.45) is 5.92 Å². The maximum Gasteiger partial charge on any atom is 0.324 e. The highest BCUT2D eigenvalue weighted by molar-refractivity contribution is 6.07. The van der Waals surface area contributed by atoms with Crippen LogP contribution in [0.4, 0.5) is 27.9 Å². The van der Waals surface area contributed by atoms with Gasteiger partial charge in [0.05, 0.1) is 61.9 Å². The predicted molar refractivity (Wildman–Crippen MR) is 230 cm³/mol. The SMILES string of the molecule is Cc1ccc(-n2nc(C(C)(C)C)cc2NC(=O)Nc2ccc(OCc3ccnc(Nc4cnc(C(=O)N[C@H]5COC[C@@H]5CN5CCOCC5)cn4)c3)c3ccccc23)cc1. The Morgan fingerprint density at radius 3 is 2.42 bits per heavy atom. The van der Waals surface area contributed by atoms with Gasteiger partial charge in [-0.15, -0.1) is 0 Å². The van der Waals surface area contributed by atoms with E-state index in [-0.39, 0.29) is 35.6 Å². The number of morpholine rings is 1. The molecule has 60 heavy (non-hydrogen) atoms. The van der Waals surface area contributed by atoms with Gasteiger partial charge in [-0.1, -0.05) is 62.7 Å². The zero-order chi connectivity index (χ0) is 41.6. The van der Waals surface area contributed by atoms with Crippen LogP contribution in [0.15, 0.2) is 97.5 Å². The second kappa shape index (κ2) is 17.8. The summed E-state index contributed by atoms with van der Waals surface area (Å²) in [6.45, 7) is 13.7. The molecule has 8 rings (SSSR count). The van der Waals surface area contributed by atoms with Crippen LogP contribution in [-0.4, -0.2) is 93.7 Å². The van der Waals surface area contributed by atoms with E-state index in [1.165, 1.54) is 12.4 Å². The smallest absolute Gasteiger partial charge is 0.324 e. The van der Waals surface area contributed by atoms with E-state index >= 15 is 0 Å². The average Bonchev–Trinajstić information content (AvgIpc) is 3.88. The maximum absolute atomic E-state index is 13.5. The van der Waals surface area contributed by atoms with E-state index in [1.807, 2.05) is 85.8 Å². The molecule has 0 spiro atoms. The number of urea groups is 1. The van der Waals surface area contributed by atoms with Gasteiger partial charge < -0.3 is 30.2 Å². The van der Waals surface area contributed by atoms with E-state index in [9.17, 15) is 9.59 Å². The zero-order valence-electron chi connectivity index (χ0n) is 34.3. The molecule has 5 heterocycles. The van der Waals surface area contributed by atoms with Gasteiger partial charge in [-0.25, -0.2) is 24.4 Å². The number of fused-ring (bicyclic) bond motifs is 1. The number of pyridine rings is 1. The summed E-state index contributed by atoms with van der Waals surface area (Å²) in [7, 11) is 0. The van der Waals surface area contributed by atoms with Crippen LogP contribution in [0.2, 0.25) is 0 Å². The third-order valence-corrected chi connectivity index (χ3v) is 10.6. The van der Waals surface area contributed by atoms with Gasteiger partial charge in [0.15, 0.2) is 0 Å². The number of aryl methyl sites for hydroxylation is 1. The van der Waals surface area contributed by atoms with E-state index in [2.05, 4.69) is 61.9 Å². The molecule has 0 aliphatic carbocycles. The molecule has 3 aromatic carbocycles. The van der Waals surface area contributed by atoms with Gasteiger partial charge in [-0.2, -0.15) is 5.10 Å². The number of hydrogen-bond acceptors (Lipinski definition) is 11. The first-order valence-electron chi connectivity index (χ1n) is 20.2. The van der Waals surface area contributed by atoms with Crippen molar-refractivity contribution in [3.05, 3.63) is 120 Å². The highest BCUT2D eigenvalue weighted by Crippen LogP contribution is 2.33. The molecule has 15 nitrogen and oxygen atoms in total. The summed E-state index contributed by atoms with van der Waals surface area (Å²) < 4.78 is 19.3. The van der Waals surface area contributed by atoms with Crippen molar-refractivity contribution in [2.45, 2.75) is 45.8 Å². The van der Waals surface area contributed by atoms with E-state index in [4.69, 9.17) is 19.3 Å². The third kappa shape index (κ3) is 9.71. The molecule has 3 aromatic heterocycles. The van der Waals surface area contributed by atoms with Crippen molar-refractivity contribution < 1.29 is 23.8 Å². The highest BCUT2D eigenvalue weighted by atomic mass is 16.5. The lowest BCUT2D eigenvalue weighted by Crippen LogP contribution is -2.46. The molecule has 0 radical (unpaired) electrons. The largest absolute Gasteiger partial charge is 0.488 e. The number of nitrogens with zero attached hydrogens (tertiary/aromatic N) is 6. The molecule has 2 atom stereocenters. The Morgan fingerprint density at radius 2 is 1.65 bits per heavy atom. The van der Waals surface area contributed by atoms with Crippen LogP contribution in [0, 0.1) is 12.8 Å². The van der Waals surface area contributed by atoms with Crippen molar-refractivity contribution in [1.29, 1.82) is 0 Å². The van der Waals surface area contributed by atoms with Gasteiger partial charge >= 0.3 is 6.03 Å². The molecular weight excluding hydrogens is 761 g/mol. The first-order valence-corrected chi connectivity index (χ1v) is 20.2. The molecule has 2 fully saturated rings. The van der Waals surface area contributed by atoms with Crippen LogP contribution < -0.4 is 26.0 Å². The monoisotopic (exact) mass is 810 g/mol. The lowest BCUT2D eigenvalue weighted by Gasteiger charge is -2.30. The molecule has 0 unspecified atom stereocenters. The Hall–Kier alpha value is -6.42. The number of aromatic nitrogens is 5. The van der Waals surface area contributed by atoms with Crippen molar-refractivity contribution in [3.63, 3.8) is 0 Å². The summed E-state index contributed by atoms with van der Waals surface area (Å²) in [5.74, 6) is 2.13. The minimum atomic E-state index is -0.394. The number of nitrogens with one attached hydrogen (secondary N) is 4.